The van der Waals surface area contributed by atoms with Crippen molar-refractivity contribution in [3.8, 4) is 5.75 Å². The summed E-state index contributed by atoms with van der Waals surface area (Å²) in [5.74, 6) is 1.06. The third kappa shape index (κ3) is 3.85. The molecule has 0 aliphatic carbocycles. The van der Waals surface area contributed by atoms with E-state index >= 15 is 0 Å². The Morgan fingerprint density at radius 2 is 1.62 bits per heavy atom. The van der Waals surface area contributed by atoms with Crippen molar-refractivity contribution < 1.29 is 9.84 Å². The summed E-state index contributed by atoms with van der Waals surface area (Å²) in [6.45, 7) is 8.22. The lowest BCUT2D eigenvalue weighted by Crippen LogP contribution is -2.31. The number of benzene rings is 2. The molecule has 0 heterocycles. The zero-order valence-corrected chi connectivity index (χ0v) is 13.2. The van der Waals surface area contributed by atoms with Gasteiger partial charge in [0.2, 0.25) is 0 Å². The second-order valence-electron chi connectivity index (χ2n) is 5.95. The molecular weight excluding hydrogens is 260 g/mol. The van der Waals surface area contributed by atoms with Crippen LogP contribution in [0.2, 0.25) is 0 Å². The number of ether oxygens (including phenoxy) is 1. The Bertz CT molecular complexity index is 575. The molecule has 0 fully saturated rings. The molecule has 2 atom stereocenters. The van der Waals surface area contributed by atoms with E-state index in [0.29, 0.717) is 0 Å². The lowest BCUT2D eigenvalue weighted by atomic mass is 9.96. The van der Waals surface area contributed by atoms with Crippen LogP contribution in [0.5, 0.6) is 5.75 Å². The zero-order valence-electron chi connectivity index (χ0n) is 13.2. The van der Waals surface area contributed by atoms with Gasteiger partial charge in [0.25, 0.3) is 0 Å². The maximum Gasteiger partial charge on any atom is 0.131 e. The van der Waals surface area contributed by atoms with Crippen molar-refractivity contribution in [2.75, 3.05) is 0 Å². The monoisotopic (exact) mass is 284 g/mol. The van der Waals surface area contributed by atoms with Gasteiger partial charge in [-0.3, -0.25) is 0 Å². The number of hydrogen-bond donors (Lipinski definition) is 1. The van der Waals surface area contributed by atoms with Gasteiger partial charge < -0.3 is 9.84 Å². The fraction of sp³-hybridized carbons (Fsp3) is 0.368. The summed E-state index contributed by atoms with van der Waals surface area (Å²) >= 11 is 0. The van der Waals surface area contributed by atoms with Crippen molar-refractivity contribution in [3.05, 3.63) is 65.2 Å². The maximum absolute atomic E-state index is 10.6. The molecule has 0 spiro atoms. The molecule has 0 radical (unpaired) electrons. The Kier molecular flexibility index (Phi) is 5.03. The first-order valence-electron chi connectivity index (χ1n) is 7.46. The third-order valence-electron chi connectivity index (χ3n) is 3.72. The van der Waals surface area contributed by atoms with Crippen LogP contribution in [-0.4, -0.2) is 11.2 Å². The summed E-state index contributed by atoms with van der Waals surface area (Å²) in [4.78, 5) is 0. The molecule has 112 valence electrons. The second-order valence-corrected chi connectivity index (χ2v) is 5.95. The first kappa shape index (κ1) is 15.6. The van der Waals surface area contributed by atoms with Crippen LogP contribution < -0.4 is 4.74 Å². The van der Waals surface area contributed by atoms with Crippen LogP contribution >= 0.6 is 0 Å². The molecule has 0 aliphatic heterocycles. The molecule has 2 rings (SSSR count). The molecule has 0 bridgehead atoms. The van der Waals surface area contributed by atoms with E-state index in [0.717, 1.165) is 22.4 Å². The number of aliphatic hydroxyl groups excluding tert-OH is 1. The van der Waals surface area contributed by atoms with Gasteiger partial charge >= 0.3 is 0 Å². The first-order chi connectivity index (χ1) is 9.99. The van der Waals surface area contributed by atoms with E-state index < -0.39 is 6.10 Å². The van der Waals surface area contributed by atoms with Gasteiger partial charge in [0.15, 0.2) is 0 Å². The predicted octanol–water partition coefficient (Wildman–Crippen LogP) is 4.44. The minimum absolute atomic E-state index is 0.208. The van der Waals surface area contributed by atoms with Crippen LogP contribution in [0.25, 0.3) is 0 Å². The van der Waals surface area contributed by atoms with E-state index in [9.17, 15) is 5.11 Å². The number of hydrogen-bond acceptors (Lipinski definition) is 2. The van der Waals surface area contributed by atoms with Gasteiger partial charge in [-0.25, -0.2) is 0 Å². The van der Waals surface area contributed by atoms with E-state index in [1.807, 2.05) is 50.2 Å². The minimum Gasteiger partial charge on any atom is -0.487 e. The van der Waals surface area contributed by atoms with E-state index in [1.54, 1.807) is 0 Å². The lowest BCUT2D eigenvalue weighted by molar-refractivity contribution is 0.00748. The summed E-state index contributed by atoms with van der Waals surface area (Å²) in [5.41, 5.74) is 3.14. The van der Waals surface area contributed by atoms with Crippen LogP contribution in [0, 0.1) is 19.8 Å². The molecule has 0 aromatic heterocycles. The average Bonchev–Trinajstić information content (AvgIpc) is 2.48. The Morgan fingerprint density at radius 1 is 0.952 bits per heavy atom. The molecule has 2 aromatic rings. The summed E-state index contributed by atoms with van der Waals surface area (Å²) in [6, 6.07) is 15.9. The van der Waals surface area contributed by atoms with Crippen LogP contribution in [0.15, 0.2) is 48.5 Å². The van der Waals surface area contributed by atoms with Crippen LogP contribution in [0.1, 0.15) is 36.6 Å². The van der Waals surface area contributed by atoms with Crippen LogP contribution in [-0.2, 0) is 0 Å². The maximum atomic E-state index is 10.6. The van der Waals surface area contributed by atoms with Gasteiger partial charge in [0, 0.05) is 0 Å². The lowest BCUT2D eigenvalue weighted by Gasteiger charge is -2.28. The Balaban J connectivity index is 2.25. The van der Waals surface area contributed by atoms with Gasteiger partial charge in [0.05, 0.1) is 0 Å². The van der Waals surface area contributed by atoms with E-state index in [1.165, 1.54) is 0 Å². The molecule has 2 unspecified atom stereocenters. The SMILES string of the molecule is Cc1ccc(C)c(OC(C(C)C)C(O)c2ccccc2)c1. The smallest absolute Gasteiger partial charge is 0.131 e. The topological polar surface area (TPSA) is 29.5 Å². The van der Waals surface area contributed by atoms with Crippen molar-refractivity contribution in [3.63, 3.8) is 0 Å². The highest BCUT2D eigenvalue weighted by Crippen LogP contribution is 2.29. The normalized spacial score (nSPS) is 14.0. The Labute approximate surface area is 127 Å². The quantitative estimate of drug-likeness (QED) is 0.879. The molecule has 2 aromatic carbocycles. The highest BCUT2D eigenvalue weighted by atomic mass is 16.5. The van der Waals surface area contributed by atoms with Crippen molar-refractivity contribution >= 4 is 0 Å². The molecule has 21 heavy (non-hydrogen) atoms. The minimum atomic E-state index is -0.633. The number of aliphatic hydroxyl groups is 1. The summed E-state index contributed by atoms with van der Waals surface area (Å²) < 4.78 is 6.15. The standard InChI is InChI=1S/C19H24O2/c1-13(2)19(18(20)16-8-6-5-7-9-16)21-17-12-14(3)10-11-15(17)4/h5-13,18-20H,1-4H3. The van der Waals surface area contributed by atoms with Gasteiger partial charge in [-0.05, 0) is 42.5 Å². The first-order valence-corrected chi connectivity index (χ1v) is 7.46. The highest BCUT2D eigenvalue weighted by molar-refractivity contribution is 5.36. The molecule has 2 heteroatoms. The van der Waals surface area contributed by atoms with Crippen molar-refractivity contribution in [2.45, 2.75) is 39.9 Å². The molecule has 0 saturated carbocycles. The molecule has 0 aliphatic rings. The molecule has 0 saturated heterocycles. The molecule has 0 amide bonds. The summed E-state index contributed by atoms with van der Waals surface area (Å²) in [6.07, 6.45) is -0.904. The van der Waals surface area contributed by atoms with Gasteiger partial charge in [-0.15, -0.1) is 0 Å². The Morgan fingerprint density at radius 3 is 2.24 bits per heavy atom. The largest absolute Gasteiger partial charge is 0.487 e. The third-order valence-corrected chi connectivity index (χ3v) is 3.72. The van der Waals surface area contributed by atoms with Gasteiger partial charge in [-0.1, -0.05) is 56.3 Å². The van der Waals surface area contributed by atoms with E-state index in [4.69, 9.17) is 4.74 Å². The molecule has 1 N–H and O–H groups in total. The van der Waals surface area contributed by atoms with Crippen molar-refractivity contribution in [1.29, 1.82) is 0 Å². The van der Waals surface area contributed by atoms with Gasteiger partial charge in [-0.2, -0.15) is 0 Å². The van der Waals surface area contributed by atoms with Crippen LogP contribution in [0.3, 0.4) is 0 Å². The predicted molar refractivity (Wildman–Crippen MR) is 86.6 cm³/mol. The summed E-state index contributed by atoms with van der Waals surface area (Å²) in [7, 11) is 0. The van der Waals surface area contributed by atoms with E-state index in [2.05, 4.69) is 26.0 Å². The number of rotatable bonds is 5. The zero-order chi connectivity index (χ0) is 15.4. The van der Waals surface area contributed by atoms with Gasteiger partial charge in [0.1, 0.15) is 18.0 Å². The fourth-order valence-corrected chi connectivity index (χ4v) is 2.39. The Hall–Kier alpha value is -1.80. The van der Waals surface area contributed by atoms with E-state index in [-0.39, 0.29) is 12.0 Å². The van der Waals surface area contributed by atoms with Crippen molar-refractivity contribution in [2.24, 2.45) is 5.92 Å². The fourth-order valence-electron chi connectivity index (χ4n) is 2.39. The number of aryl methyl sites for hydroxylation is 2. The molecule has 2 nitrogen and oxygen atoms in total. The summed E-state index contributed by atoms with van der Waals surface area (Å²) in [5, 5.41) is 10.6. The molecular formula is C19H24O2. The van der Waals surface area contributed by atoms with Crippen LogP contribution in [0.4, 0.5) is 0 Å². The highest BCUT2D eigenvalue weighted by Gasteiger charge is 2.26. The second kappa shape index (κ2) is 6.77. The average molecular weight is 284 g/mol. The van der Waals surface area contributed by atoms with Crippen molar-refractivity contribution in [1.82, 2.24) is 0 Å².